The molecule has 1 aliphatic heterocycles. The number of anilines is 1. The number of hydrogen-bond donors (Lipinski definition) is 0. The van der Waals surface area contributed by atoms with Crippen molar-refractivity contribution in [2.45, 2.75) is 38.8 Å². The van der Waals surface area contributed by atoms with E-state index in [0.717, 1.165) is 12.8 Å². The van der Waals surface area contributed by atoms with Gasteiger partial charge in [-0.15, -0.1) is 0 Å². The maximum atomic E-state index is 12.9. The van der Waals surface area contributed by atoms with Gasteiger partial charge < -0.3 is 9.80 Å². The lowest BCUT2D eigenvalue weighted by Crippen LogP contribution is -2.45. The van der Waals surface area contributed by atoms with Crippen LogP contribution in [-0.2, 0) is 11.2 Å². The van der Waals surface area contributed by atoms with Crippen molar-refractivity contribution < 1.29 is 4.79 Å². The average molecular weight is 322 g/mol. The number of hydrogen-bond acceptors (Lipinski definition) is 2. The first-order chi connectivity index (χ1) is 11.6. The number of benzene rings is 2. The molecule has 2 atom stereocenters. The van der Waals surface area contributed by atoms with Crippen LogP contribution in [0.5, 0.6) is 0 Å². The Morgan fingerprint density at radius 1 is 1.17 bits per heavy atom. The van der Waals surface area contributed by atoms with Gasteiger partial charge in [0.2, 0.25) is 5.91 Å². The highest BCUT2D eigenvalue weighted by Gasteiger charge is 2.27. The SMILES string of the molecule is C[C@H](c1ccccc1)N(C)C(=O)CN1c2ccccc2CC[C@@H]1C. The smallest absolute Gasteiger partial charge is 0.242 e. The molecule has 2 aromatic rings. The number of likely N-dealkylation sites (N-methyl/N-ethyl adjacent to an activating group) is 1. The molecule has 3 heteroatoms. The topological polar surface area (TPSA) is 23.6 Å². The third-order valence-electron chi connectivity index (χ3n) is 5.23. The van der Waals surface area contributed by atoms with E-state index in [9.17, 15) is 4.79 Å². The van der Waals surface area contributed by atoms with Crippen LogP contribution >= 0.6 is 0 Å². The second-order valence-corrected chi connectivity index (χ2v) is 6.74. The fourth-order valence-electron chi connectivity index (χ4n) is 3.43. The normalized spacial score (nSPS) is 18.0. The minimum absolute atomic E-state index is 0.0778. The summed E-state index contributed by atoms with van der Waals surface area (Å²) in [6.07, 6.45) is 2.19. The Morgan fingerprint density at radius 3 is 2.58 bits per heavy atom. The standard InChI is InChI=1S/C21H26N2O/c1-16-13-14-19-11-7-8-12-20(19)23(16)15-21(24)22(3)17(2)18-9-5-4-6-10-18/h4-12,16-17H,13-15H2,1-3H3/t16-,17+/m0/s1. The van der Waals surface area contributed by atoms with E-state index in [4.69, 9.17) is 0 Å². The maximum absolute atomic E-state index is 12.9. The third-order valence-corrected chi connectivity index (χ3v) is 5.23. The van der Waals surface area contributed by atoms with Crippen LogP contribution in [0.3, 0.4) is 0 Å². The Hall–Kier alpha value is -2.29. The van der Waals surface area contributed by atoms with E-state index in [1.54, 1.807) is 0 Å². The van der Waals surface area contributed by atoms with E-state index >= 15 is 0 Å². The highest BCUT2D eigenvalue weighted by Crippen LogP contribution is 2.30. The molecule has 24 heavy (non-hydrogen) atoms. The Kier molecular flexibility index (Phi) is 4.89. The van der Waals surface area contributed by atoms with Crippen LogP contribution in [-0.4, -0.2) is 30.4 Å². The summed E-state index contributed by atoms with van der Waals surface area (Å²) in [4.78, 5) is 17.0. The van der Waals surface area contributed by atoms with Crippen LogP contribution in [0.4, 0.5) is 5.69 Å². The molecule has 2 aromatic carbocycles. The highest BCUT2D eigenvalue weighted by atomic mass is 16.2. The van der Waals surface area contributed by atoms with Crippen LogP contribution in [0.25, 0.3) is 0 Å². The Bertz CT molecular complexity index is 698. The van der Waals surface area contributed by atoms with E-state index in [2.05, 4.69) is 55.1 Å². The molecule has 1 amide bonds. The summed E-state index contributed by atoms with van der Waals surface area (Å²) < 4.78 is 0. The zero-order valence-electron chi connectivity index (χ0n) is 14.8. The van der Waals surface area contributed by atoms with Gasteiger partial charge in [0, 0.05) is 18.8 Å². The number of carbonyl (C=O) groups is 1. The van der Waals surface area contributed by atoms with Crippen molar-refractivity contribution in [3.8, 4) is 0 Å². The molecule has 1 heterocycles. The number of amides is 1. The fraction of sp³-hybridized carbons (Fsp3) is 0.381. The molecule has 0 aliphatic carbocycles. The molecule has 126 valence electrons. The van der Waals surface area contributed by atoms with Gasteiger partial charge in [-0.25, -0.2) is 0 Å². The van der Waals surface area contributed by atoms with Gasteiger partial charge in [0.05, 0.1) is 12.6 Å². The first kappa shape index (κ1) is 16.6. The number of para-hydroxylation sites is 1. The molecule has 0 radical (unpaired) electrons. The molecular weight excluding hydrogens is 296 g/mol. The summed E-state index contributed by atoms with van der Waals surface area (Å²) in [6.45, 7) is 4.73. The molecule has 0 spiro atoms. The van der Waals surface area contributed by atoms with Gasteiger partial charge in [-0.1, -0.05) is 48.5 Å². The summed E-state index contributed by atoms with van der Waals surface area (Å²) in [5.41, 5.74) is 3.73. The van der Waals surface area contributed by atoms with Crippen molar-refractivity contribution in [1.82, 2.24) is 4.90 Å². The molecule has 0 N–H and O–H groups in total. The zero-order valence-corrected chi connectivity index (χ0v) is 14.8. The molecule has 1 aliphatic rings. The van der Waals surface area contributed by atoms with Gasteiger partial charge in [0.15, 0.2) is 0 Å². The van der Waals surface area contributed by atoms with Crippen molar-refractivity contribution in [3.63, 3.8) is 0 Å². The number of nitrogens with zero attached hydrogens (tertiary/aromatic N) is 2. The number of fused-ring (bicyclic) bond motifs is 1. The van der Waals surface area contributed by atoms with Gasteiger partial charge >= 0.3 is 0 Å². The van der Waals surface area contributed by atoms with Crippen molar-refractivity contribution in [3.05, 3.63) is 65.7 Å². The summed E-state index contributed by atoms with van der Waals surface area (Å²) in [5.74, 6) is 0.162. The lowest BCUT2D eigenvalue weighted by atomic mass is 9.96. The molecule has 0 aromatic heterocycles. The van der Waals surface area contributed by atoms with Crippen molar-refractivity contribution in [2.24, 2.45) is 0 Å². The van der Waals surface area contributed by atoms with Crippen LogP contribution in [0, 0.1) is 0 Å². The minimum Gasteiger partial charge on any atom is -0.359 e. The summed E-state index contributed by atoms with van der Waals surface area (Å²) >= 11 is 0. The maximum Gasteiger partial charge on any atom is 0.242 e. The van der Waals surface area contributed by atoms with Crippen LogP contribution < -0.4 is 4.90 Å². The predicted octanol–water partition coefficient (Wildman–Crippen LogP) is 4.05. The van der Waals surface area contributed by atoms with Crippen molar-refractivity contribution >= 4 is 11.6 Å². The summed E-state index contributed by atoms with van der Waals surface area (Å²) in [6, 6.07) is 19.1. The Morgan fingerprint density at radius 2 is 1.83 bits per heavy atom. The van der Waals surface area contributed by atoms with Gasteiger partial charge in [0.1, 0.15) is 0 Å². The molecule has 0 saturated heterocycles. The van der Waals surface area contributed by atoms with Gasteiger partial charge in [-0.2, -0.15) is 0 Å². The lowest BCUT2D eigenvalue weighted by molar-refractivity contribution is -0.130. The number of rotatable bonds is 4. The third kappa shape index (κ3) is 3.30. The van der Waals surface area contributed by atoms with Gasteiger partial charge in [-0.05, 0) is 43.9 Å². The first-order valence-corrected chi connectivity index (χ1v) is 8.73. The fourth-order valence-corrected chi connectivity index (χ4v) is 3.43. The van der Waals surface area contributed by atoms with Crippen LogP contribution in [0.1, 0.15) is 37.4 Å². The second kappa shape index (κ2) is 7.08. The van der Waals surface area contributed by atoms with Crippen molar-refractivity contribution in [1.29, 1.82) is 0 Å². The van der Waals surface area contributed by atoms with E-state index in [0.29, 0.717) is 12.6 Å². The van der Waals surface area contributed by atoms with E-state index < -0.39 is 0 Å². The van der Waals surface area contributed by atoms with Crippen LogP contribution in [0.2, 0.25) is 0 Å². The van der Waals surface area contributed by atoms with Gasteiger partial charge in [-0.3, -0.25) is 4.79 Å². The molecule has 0 fully saturated rings. The monoisotopic (exact) mass is 322 g/mol. The zero-order chi connectivity index (χ0) is 17.1. The second-order valence-electron chi connectivity index (χ2n) is 6.74. The minimum atomic E-state index is 0.0778. The van der Waals surface area contributed by atoms with E-state index in [1.165, 1.54) is 16.8 Å². The quantitative estimate of drug-likeness (QED) is 0.848. The molecule has 0 bridgehead atoms. The van der Waals surface area contributed by atoms with Crippen LogP contribution in [0.15, 0.2) is 54.6 Å². The first-order valence-electron chi connectivity index (χ1n) is 8.73. The Labute approximate surface area is 144 Å². The largest absolute Gasteiger partial charge is 0.359 e. The number of carbonyl (C=O) groups excluding carboxylic acids is 1. The molecule has 3 rings (SSSR count). The molecule has 0 unspecified atom stereocenters. The number of aryl methyl sites for hydroxylation is 1. The van der Waals surface area contributed by atoms with Crippen molar-refractivity contribution in [2.75, 3.05) is 18.5 Å². The molecular formula is C21H26N2O. The van der Waals surface area contributed by atoms with E-state index in [1.807, 2.05) is 30.1 Å². The van der Waals surface area contributed by atoms with E-state index in [-0.39, 0.29) is 11.9 Å². The highest BCUT2D eigenvalue weighted by molar-refractivity contribution is 5.82. The molecule has 0 saturated carbocycles. The van der Waals surface area contributed by atoms with Gasteiger partial charge in [0.25, 0.3) is 0 Å². The predicted molar refractivity (Wildman–Crippen MR) is 99.2 cm³/mol. The lowest BCUT2D eigenvalue weighted by Gasteiger charge is -2.38. The summed E-state index contributed by atoms with van der Waals surface area (Å²) in [7, 11) is 1.90. The summed E-state index contributed by atoms with van der Waals surface area (Å²) in [5, 5.41) is 0. The Balaban J connectivity index is 1.75. The molecule has 3 nitrogen and oxygen atoms in total. The average Bonchev–Trinajstić information content (AvgIpc) is 2.63.